The Hall–Kier alpha value is -2.58. The van der Waals surface area contributed by atoms with Gasteiger partial charge in [-0.15, -0.1) is 10.2 Å². The monoisotopic (exact) mass is 370 g/mol. The number of aromatic nitrogens is 3. The summed E-state index contributed by atoms with van der Waals surface area (Å²) in [4.78, 5) is 13.0. The van der Waals surface area contributed by atoms with Gasteiger partial charge in [-0.3, -0.25) is 9.20 Å². The number of nitrogens with one attached hydrogen (secondary N) is 1. The molecule has 0 bridgehead atoms. The quantitative estimate of drug-likeness (QED) is 0.543. The number of carbonyl (C=O) groups excluding carboxylic acids is 1. The molecule has 8 heteroatoms. The van der Waals surface area contributed by atoms with Crippen LogP contribution in [-0.4, -0.2) is 33.4 Å². The van der Waals surface area contributed by atoms with Gasteiger partial charge < -0.3 is 10.1 Å². The van der Waals surface area contributed by atoms with E-state index in [9.17, 15) is 4.79 Å². The van der Waals surface area contributed by atoms with Crippen LogP contribution in [0.3, 0.4) is 0 Å². The molecule has 0 saturated carbocycles. The topological polar surface area (TPSA) is 68.5 Å². The number of fused-ring (bicyclic) bond motifs is 3. The molecule has 0 aliphatic heterocycles. The predicted molar refractivity (Wildman–Crippen MR) is 101 cm³/mol. The van der Waals surface area contributed by atoms with E-state index in [1.807, 2.05) is 40.8 Å². The average molecular weight is 370 g/mol. The molecule has 0 aliphatic rings. The van der Waals surface area contributed by atoms with Crippen molar-refractivity contribution < 1.29 is 9.53 Å². The molecule has 2 aromatic carbocycles. The van der Waals surface area contributed by atoms with Gasteiger partial charge in [-0.05, 0) is 24.3 Å². The molecule has 0 atom stereocenters. The van der Waals surface area contributed by atoms with Gasteiger partial charge >= 0.3 is 0 Å². The van der Waals surface area contributed by atoms with Crippen molar-refractivity contribution in [3.05, 3.63) is 48.5 Å². The lowest BCUT2D eigenvalue weighted by Gasteiger charge is -2.06. The van der Waals surface area contributed by atoms with Crippen molar-refractivity contribution in [2.75, 3.05) is 18.2 Å². The molecular weight excluding hydrogens is 356 g/mol. The molecule has 2 aromatic heterocycles. The second kappa shape index (κ2) is 6.73. The number of benzene rings is 2. The number of rotatable bonds is 5. The number of amides is 1. The van der Waals surface area contributed by atoms with Crippen LogP contribution in [-0.2, 0) is 4.79 Å². The van der Waals surface area contributed by atoms with Crippen LogP contribution in [0.25, 0.3) is 15.2 Å². The van der Waals surface area contributed by atoms with Crippen LogP contribution in [0.5, 0.6) is 5.75 Å². The van der Waals surface area contributed by atoms with Gasteiger partial charge in [0.1, 0.15) is 5.75 Å². The Labute approximate surface area is 151 Å². The largest absolute Gasteiger partial charge is 0.497 e. The third-order valence-corrected chi connectivity index (χ3v) is 5.54. The molecule has 126 valence electrons. The van der Waals surface area contributed by atoms with Crippen molar-refractivity contribution in [3.8, 4) is 5.75 Å². The first-order valence-corrected chi connectivity index (χ1v) is 9.34. The molecule has 2 heterocycles. The lowest BCUT2D eigenvalue weighted by Crippen LogP contribution is -2.14. The maximum atomic E-state index is 12.2. The zero-order chi connectivity index (χ0) is 17.2. The summed E-state index contributed by atoms with van der Waals surface area (Å²) < 4.78 is 8.30. The van der Waals surface area contributed by atoms with E-state index in [2.05, 4.69) is 21.6 Å². The van der Waals surface area contributed by atoms with Gasteiger partial charge in [-0.1, -0.05) is 41.3 Å². The van der Waals surface area contributed by atoms with Gasteiger partial charge in [0, 0.05) is 11.8 Å². The van der Waals surface area contributed by atoms with E-state index in [4.69, 9.17) is 4.74 Å². The number of ether oxygens (including phenoxy) is 1. The summed E-state index contributed by atoms with van der Waals surface area (Å²) >= 11 is 2.95. The van der Waals surface area contributed by atoms with Crippen LogP contribution in [0.2, 0.25) is 0 Å². The number of nitrogens with zero attached hydrogens (tertiary/aromatic N) is 3. The Bertz CT molecular complexity index is 1060. The smallest absolute Gasteiger partial charge is 0.234 e. The summed E-state index contributed by atoms with van der Waals surface area (Å²) in [5.74, 6) is 0.853. The van der Waals surface area contributed by atoms with E-state index in [1.54, 1.807) is 24.5 Å². The first-order chi connectivity index (χ1) is 12.2. The van der Waals surface area contributed by atoms with Crippen molar-refractivity contribution in [2.24, 2.45) is 0 Å². The molecular formula is C17H14N4O2S2. The summed E-state index contributed by atoms with van der Waals surface area (Å²) in [5.41, 5.74) is 1.76. The molecule has 25 heavy (non-hydrogen) atoms. The molecule has 4 aromatic rings. The summed E-state index contributed by atoms with van der Waals surface area (Å²) in [5, 5.41) is 12.0. The summed E-state index contributed by atoms with van der Waals surface area (Å²) in [6.07, 6.45) is 0. The van der Waals surface area contributed by atoms with E-state index >= 15 is 0 Å². The Kier molecular flexibility index (Phi) is 4.29. The van der Waals surface area contributed by atoms with Crippen LogP contribution < -0.4 is 10.1 Å². The summed E-state index contributed by atoms with van der Waals surface area (Å²) in [6.45, 7) is 0. The number of carbonyl (C=O) groups is 1. The van der Waals surface area contributed by atoms with Crippen LogP contribution in [0.15, 0.2) is 53.7 Å². The Balaban J connectivity index is 1.49. The van der Waals surface area contributed by atoms with E-state index in [-0.39, 0.29) is 11.7 Å². The Morgan fingerprint density at radius 1 is 1.24 bits per heavy atom. The van der Waals surface area contributed by atoms with Crippen LogP contribution in [0.4, 0.5) is 5.69 Å². The molecule has 0 aliphatic carbocycles. The fourth-order valence-corrected chi connectivity index (χ4v) is 4.24. The third-order valence-electron chi connectivity index (χ3n) is 3.60. The minimum atomic E-state index is -0.102. The van der Waals surface area contributed by atoms with E-state index in [1.165, 1.54) is 11.8 Å². The molecule has 6 nitrogen and oxygen atoms in total. The molecule has 0 spiro atoms. The number of hydrogen-bond donors (Lipinski definition) is 1. The van der Waals surface area contributed by atoms with Crippen LogP contribution >= 0.6 is 23.1 Å². The van der Waals surface area contributed by atoms with Gasteiger partial charge in [0.2, 0.25) is 10.9 Å². The Morgan fingerprint density at radius 3 is 3.00 bits per heavy atom. The predicted octanol–water partition coefficient (Wildman–Crippen LogP) is 3.68. The fourth-order valence-electron chi connectivity index (χ4n) is 2.48. The van der Waals surface area contributed by atoms with Crippen molar-refractivity contribution in [3.63, 3.8) is 0 Å². The number of methoxy groups -OCH3 is 1. The van der Waals surface area contributed by atoms with Crippen LogP contribution in [0.1, 0.15) is 0 Å². The van der Waals surface area contributed by atoms with Gasteiger partial charge in [-0.25, -0.2) is 0 Å². The van der Waals surface area contributed by atoms with Gasteiger partial charge in [0.25, 0.3) is 0 Å². The molecule has 4 rings (SSSR count). The highest BCUT2D eigenvalue weighted by Crippen LogP contribution is 2.29. The minimum absolute atomic E-state index is 0.102. The number of hydrogen-bond acceptors (Lipinski definition) is 6. The highest BCUT2D eigenvalue weighted by Gasteiger charge is 2.14. The average Bonchev–Trinajstić information content (AvgIpc) is 3.19. The van der Waals surface area contributed by atoms with Crippen LogP contribution in [0, 0.1) is 0 Å². The minimum Gasteiger partial charge on any atom is -0.497 e. The first kappa shape index (κ1) is 15.9. The maximum Gasteiger partial charge on any atom is 0.234 e. The lowest BCUT2D eigenvalue weighted by molar-refractivity contribution is -0.113. The molecule has 0 fully saturated rings. The molecule has 0 saturated heterocycles. The lowest BCUT2D eigenvalue weighted by atomic mass is 10.3. The van der Waals surface area contributed by atoms with E-state index in [0.29, 0.717) is 16.6 Å². The number of thiazole rings is 1. The highest BCUT2D eigenvalue weighted by molar-refractivity contribution is 7.99. The third kappa shape index (κ3) is 3.18. The Morgan fingerprint density at radius 2 is 2.12 bits per heavy atom. The molecule has 0 unspecified atom stereocenters. The number of para-hydroxylation sites is 1. The maximum absolute atomic E-state index is 12.2. The zero-order valence-electron chi connectivity index (χ0n) is 13.3. The standard InChI is InChI=1S/C17H14N4O2S2/c1-23-12-6-4-5-11(9-12)18-15(22)10-24-16-19-20-17-21(16)13-7-2-3-8-14(13)25-17/h2-9H,10H2,1H3,(H,18,22). The summed E-state index contributed by atoms with van der Waals surface area (Å²) in [6, 6.07) is 15.3. The highest BCUT2D eigenvalue weighted by atomic mass is 32.2. The first-order valence-electron chi connectivity index (χ1n) is 7.54. The van der Waals surface area contributed by atoms with Gasteiger partial charge in [0.05, 0.1) is 23.1 Å². The fraction of sp³-hybridized carbons (Fsp3) is 0.118. The zero-order valence-corrected chi connectivity index (χ0v) is 14.9. The second-order valence-corrected chi connectivity index (χ2v) is 7.19. The number of thioether (sulfide) groups is 1. The van der Waals surface area contributed by atoms with Gasteiger partial charge in [-0.2, -0.15) is 0 Å². The molecule has 1 N–H and O–H groups in total. The van der Waals surface area contributed by atoms with Gasteiger partial charge in [0.15, 0.2) is 5.16 Å². The van der Waals surface area contributed by atoms with Crippen molar-refractivity contribution in [1.29, 1.82) is 0 Å². The number of anilines is 1. The second-order valence-electron chi connectivity index (χ2n) is 5.24. The normalized spacial score (nSPS) is 11.1. The molecule has 1 amide bonds. The van der Waals surface area contributed by atoms with E-state index < -0.39 is 0 Å². The van der Waals surface area contributed by atoms with E-state index in [0.717, 1.165) is 15.2 Å². The SMILES string of the molecule is COc1cccc(NC(=O)CSc2nnc3sc4ccccc4n23)c1. The van der Waals surface area contributed by atoms with Crippen molar-refractivity contribution in [2.45, 2.75) is 5.16 Å². The summed E-state index contributed by atoms with van der Waals surface area (Å²) in [7, 11) is 1.60. The van der Waals surface area contributed by atoms with Crippen molar-refractivity contribution in [1.82, 2.24) is 14.6 Å². The van der Waals surface area contributed by atoms with Crippen molar-refractivity contribution >= 4 is 49.9 Å². The molecule has 0 radical (unpaired) electrons.